The highest BCUT2D eigenvalue weighted by atomic mass is 33.1. The van der Waals surface area contributed by atoms with E-state index < -0.39 is 29.8 Å². The lowest BCUT2D eigenvalue weighted by atomic mass is 9.98. The number of halogens is 1. The van der Waals surface area contributed by atoms with E-state index in [0.717, 1.165) is 49.8 Å². The van der Waals surface area contributed by atoms with Crippen molar-refractivity contribution in [3.63, 3.8) is 0 Å². The van der Waals surface area contributed by atoms with E-state index in [4.69, 9.17) is 29.4 Å². The fourth-order valence-corrected chi connectivity index (χ4v) is 12.0. The number of carbonyl (C=O) groups excluding carboxylic acids is 5. The number of nitriles is 1. The average molecular weight is 1120 g/mol. The first kappa shape index (κ1) is 58.1. The molecule has 0 radical (unpaired) electrons. The van der Waals surface area contributed by atoms with Crippen LogP contribution in [0.3, 0.4) is 0 Å². The molecule has 3 aliphatic heterocycles. The van der Waals surface area contributed by atoms with Gasteiger partial charge in [0.2, 0.25) is 29.5 Å². The highest BCUT2D eigenvalue weighted by Crippen LogP contribution is 2.35. The van der Waals surface area contributed by atoms with Crippen molar-refractivity contribution in [3.8, 4) is 34.2 Å². The number of fused-ring (bicyclic) bond motifs is 2. The lowest BCUT2D eigenvalue weighted by Gasteiger charge is -2.23. The number of amides is 4. The number of hydrogen-bond acceptors (Lipinski definition) is 18. The number of nitrogens with two attached hydrogens (primary N) is 1. The van der Waals surface area contributed by atoms with Gasteiger partial charge in [0.25, 0.3) is 0 Å². The molecule has 6 heterocycles. The van der Waals surface area contributed by atoms with Crippen LogP contribution in [0.15, 0.2) is 79.3 Å². The topological polar surface area (TPSA) is 263 Å². The molecule has 0 bridgehead atoms. The molecule has 5 aromatic rings. The van der Waals surface area contributed by atoms with Crippen molar-refractivity contribution in [2.75, 3.05) is 77.5 Å². The van der Waals surface area contributed by atoms with E-state index >= 15 is 0 Å². The highest BCUT2D eigenvalue weighted by molar-refractivity contribution is 8.76. The van der Waals surface area contributed by atoms with Crippen LogP contribution in [0.2, 0.25) is 0 Å². The van der Waals surface area contributed by atoms with Crippen molar-refractivity contribution < 1.29 is 52.0 Å². The number of rotatable bonds is 26. The van der Waals surface area contributed by atoms with E-state index in [-0.39, 0.29) is 87.6 Å². The second-order valence-electron chi connectivity index (χ2n) is 19.8. The van der Waals surface area contributed by atoms with E-state index in [0.29, 0.717) is 68.7 Å². The largest absolute Gasteiger partial charge is 0.508 e. The second kappa shape index (κ2) is 27.7. The molecular formula is C56H65FN10O10S2. The molecule has 4 amide bonds. The summed E-state index contributed by atoms with van der Waals surface area (Å²) in [6, 6.07) is 19.5. The number of likely N-dealkylation sites (tertiary alicyclic amines) is 1. The molecule has 79 heavy (non-hydrogen) atoms. The van der Waals surface area contributed by atoms with Crippen molar-refractivity contribution >= 4 is 68.0 Å². The molecule has 418 valence electrons. The summed E-state index contributed by atoms with van der Waals surface area (Å²) in [6.45, 7) is 3.86. The van der Waals surface area contributed by atoms with Gasteiger partial charge in [-0.3, -0.25) is 34.0 Å². The van der Waals surface area contributed by atoms with Gasteiger partial charge in [-0.1, -0.05) is 51.9 Å². The summed E-state index contributed by atoms with van der Waals surface area (Å²) in [5.74, 6) is -0.663. The van der Waals surface area contributed by atoms with E-state index in [1.165, 1.54) is 35.6 Å². The van der Waals surface area contributed by atoms with Crippen molar-refractivity contribution in [1.82, 2.24) is 40.7 Å². The number of ether oxygens (including phenoxy) is 5. The van der Waals surface area contributed by atoms with Crippen LogP contribution in [0.4, 0.5) is 14.9 Å². The van der Waals surface area contributed by atoms with Gasteiger partial charge in [-0.2, -0.15) is 5.26 Å². The van der Waals surface area contributed by atoms with Crippen LogP contribution >= 0.6 is 21.6 Å². The Balaban J connectivity index is 0.765. The Labute approximate surface area is 465 Å². The van der Waals surface area contributed by atoms with Crippen molar-refractivity contribution in [1.29, 1.82) is 5.26 Å². The molecule has 8 rings (SSSR count). The number of aromatic nitrogens is 3. The monoisotopic (exact) mass is 1120 g/mol. The maximum Gasteiger partial charge on any atom is 0.508 e. The Morgan fingerprint density at radius 2 is 1.81 bits per heavy atom. The maximum absolute atomic E-state index is 14.7. The Morgan fingerprint density at radius 3 is 2.59 bits per heavy atom. The van der Waals surface area contributed by atoms with Crippen molar-refractivity contribution in [3.05, 3.63) is 102 Å². The normalized spacial score (nSPS) is 19.1. The Morgan fingerprint density at radius 1 is 0.975 bits per heavy atom. The number of nitrogens with one attached hydrogen (secondary N) is 3. The zero-order valence-electron chi connectivity index (χ0n) is 44.4. The van der Waals surface area contributed by atoms with Gasteiger partial charge >= 0.3 is 6.16 Å². The average Bonchev–Trinajstić information content (AvgIpc) is 4.16. The third kappa shape index (κ3) is 15.8. The molecule has 3 aromatic heterocycles. The number of benzene rings is 2. The van der Waals surface area contributed by atoms with Crippen LogP contribution in [0, 0.1) is 17.2 Å². The van der Waals surface area contributed by atoms with Gasteiger partial charge in [0.05, 0.1) is 49.9 Å². The van der Waals surface area contributed by atoms with Gasteiger partial charge in [0.1, 0.15) is 31.0 Å². The number of hydrogen-bond donors (Lipinski definition) is 4. The summed E-state index contributed by atoms with van der Waals surface area (Å²) in [6.07, 6.45) is 5.31. The van der Waals surface area contributed by atoms with Crippen LogP contribution in [0.25, 0.3) is 33.2 Å². The zero-order chi connectivity index (χ0) is 55.9. The number of anilines is 1. The van der Waals surface area contributed by atoms with Crippen molar-refractivity contribution in [2.24, 2.45) is 5.92 Å². The number of nitrogen functional groups attached to an aromatic ring is 1. The zero-order valence-corrected chi connectivity index (χ0v) is 46.0. The third-order valence-corrected chi connectivity index (χ3v) is 16.3. The molecule has 5 N–H and O–H groups in total. The van der Waals surface area contributed by atoms with Crippen LogP contribution in [0.1, 0.15) is 55.0 Å². The summed E-state index contributed by atoms with van der Waals surface area (Å²) in [4.78, 5) is 82.9. The van der Waals surface area contributed by atoms with Gasteiger partial charge in [-0.25, -0.2) is 14.2 Å². The molecule has 0 spiro atoms. The lowest BCUT2D eigenvalue weighted by Crippen LogP contribution is -2.49. The molecule has 2 unspecified atom stereocenters. The van der Waals surface area contributed by atoms with Gasteiger partial charge in [0, 0.05) is 118 Å². The molecule has 3 aliphatic rings. The van der Waals surface area contributed by atoms with E-state index in [9.17, 15) is 33.6 Å². The summed E-state index contributed by atoms with van der Waals surface area (Å²) in [5.41, 5.74) is 12.7. The summed E-state index contributed by atoms with van der Waals surface area (Å²) >= 11 is 0. The summed E-state index contributed by atoms with van der Waals surface area (Å²) in [5, 5.41) is 19.1. The van der Waals surface area contributed by atoms with Crippen molar-refractivity contribution in [2.45, 2.75) is 82.5 Å². The lowest BCUT2D eigenvalue weighted by molar-refractivity contribution is -0.135. The number of nitrogens with zero attached hydrogens (tertiary/aromatic N) is 6. The Hall–Kier alpha value is -7.10. The smallest absolute Gasteiger partial charge is 0.480 e. The minimum atomic E-state index is -1.47. The quantitative estimate of drug-likeness (QED) is 0.0283. The number of aryl methyl sites for hydroxylation is 1. The fraction of sp³-hybridized carbons (Fsp3) is 0.446. The molecule has 5 atom stereocenters. The van der Waals surface area contributed by atoms with Crippen LogP contribution in [-0.2, 0) is 64.2 Å². The molecule has 23 heteroatoms. The predicted molar refractivity (Wildman–Crippen MR) is 297 cm³/mol. The van der Waals surface area contributed by atoms with E-state index in [2.05, 4.69) is 37.0 Å². The van der Waals surface area contributed by atoms with Gasteiger partial charge in [-0.05, 0) is 77.9 Å². The first-order valence-corrected chi connectivity index (χ1v) is 28.5. The highest BCUT2D eigenvalue weighted by Gasteiger charge is 2.44. The van der Waals surface area contributed by atoms with Crippen LogP contribution < -0.4 is 26.4 Å². The second-order valence-corrected chi connectivity index (χ2v) is 22.4. The van der Waals surface area contributed by atoms with E-state index in [1.54, 1.807) is 41.6 Å². The van der Waals surface area contributed by atoms with Crippen LogP contribution in [0.5, 0.6) is 5.88 Å². The standard InChI is InChI=1S/C56H65FN10O10S2/c1-56(57)25-43(26-58)67(34-56)30-42-21-39(52(70)64-42)24-51(69)66-29-38-6-4-5-35(46(38)31-66)9-12-50(68)65-49(53(71)61-15-16-75-18-17-73-2)33-79-78-20-19-76-55(72)77-32-41-10-7-37(27-62-41)44-13-14-60-48-11-8-36(22-45(44)48)40-23-47(59)54(74-3)63-28-40/h4-8,10-11,13-14,22-23,27-28,39,42-43,49H,9,12,15-21,24-25,29-34,59H2,1-3H3,(H,61,71)(H,64,70)(H,65,68)/t39-,42-,43-,49?,56?/m0/s1. The minimum absolute atomic E-state index is 0.0299. The first-order valence-electron chi connectivity index (χ1n) is 26.0. The number of alkyl halides is 1. The van der Waals surface area contributed by atoms with E-state index in [1.807, 2.05) is 54.6 Å². The SMILES string of the molecule is COCCOCCNC(=O)C(CSSCCOC(=O)OCc1ccc(-c2ccnc3ccc(-c4cnc(OC)c(N)c4)cc23)cn1)NC(=O)CCc1cccc2c1CN(C(=O)C[C@@H]1C[C@@H](CN3CC(C)(F)C[C@H]3C#N)NC1=O)C2. The number of methoxy groups -OCH3 is 2. The Kier molecular flexibility index (Phi) is 20.3. The molecular weight excluding hydrogens is 1060 g/mol. The molecule has 2 aromatic carbocycles. The molecule has 20 nitrogen and oxygen atoms in total. The van der Waals surface area contributed by atoms with Gasteiger partial charge in [-0.15, -0.1) is 0 Å². The predicted octanol–water partition coefficient (Wildman–Crippen LogP) is 5.94. The molecule has 2 saturated heterocycles. The number of pyridine rings is 3. The summed E-state index contributed by atoms with van der Waals surface area (Å²) in [7, 11) is 5.80. The minimum Gasteiger partial charge on any atom is -0.480 e. The molecule has 2 fully saturated rings. The maximum atomic E-state index is 14.7. The number of carbonyl (C=O) groups is 5. The first-order chi connectivity index (χ1) is 38.2. The summed E-state index contributed by atoms with van der Waals surface area (Å²) < 4.78 is 41.0. The third-order valence-electron chi connectivity index (χ3n) is 13.9. The van der Waals surface area contributed by atoms with Gasteiger partial charge in [0.15, 0.2) is 0 Å². The Bertz CT molecular complexity index is 3020. The molecule has 0 saturated carbocycles. The van der Waals surface area contributed by atoms with Gasteiger partial charge < -0.3 is 50.3 Å². The van der Waals surface area contributed by atoms with Crippen LogP contribution in [-0.4, -0.2) is 150 Å². The fourth-order valence-electron chi connectivity index (χ4n) is 9.96. The molecule has 0 aliphatic carbocycles.